The van der Waals surface area contributed by atoms with E-state index in [2.05, 4.69) is 0 Å². The lowest BCUT2D eigenvalue weighted by Crippen LogP contribution is -2.24. The average molecular weight is 464 g/mol. The van der Waals surface area contributed by atoms with E-state index in [9.17, 15) is 14.0 Å². The molecule has 0 radical (unpaired) electrons. The number of fused-ring (bicyclic) bond motifs is 4. The largest absolute Gasteiger partial charge is 0.497 e. The third kappa shape index (κ3) is 3.33. The van der Waals surface area contributed by atoms with Crippen LogP contribution in [0.1, 0.15) is 44.8 Å². The zero-order chi connectivity index (χ0) is 24.1. The lowest BCUT2D eigenvalue weighted by atomic mass is 9.83. The summed E-state index contributed by atoms with van der Waals surface area (Å²) in [6.07, 6.45) is 1.66. The normalized spacial score (nSPS) is 13.3. The molecule has 35 heavy (non-hydrogen) atoms. The van der Waals surface area contributed by atoms with Gasteiger partial charge < -0.3 is 4.74 Å². The van der Waals surface area contributed by atoms with Crippen molar-refractivity contribution in [3.63, 3.8) is 0 Å². The number of benzene rings is 3. The van der Waals surface area contributed by atoms with E-state index in [-0.39, 0.29) is 17.4 Å². The van der Waals surface area contributed by atoms with Gasteiger partial charge in [-0.25, -0.2) is 9.37 Å². The molecule has 172 valence electrons. The lowest BCUT2D eigenvalue weighted by molar-refractivity contribution is 0.0956. The van der Waals surface area contributed by atoms with E-state index in [0.717, 1.165) is 16.6 Å². The summed E-state index contributed by atoms with van der Waals surface area (Å²) in [5, 5.41) is 0.802. The van der Waals surface area contributed by atoms with Gasteiger partial charge in [0.1, 0.15) is 17.4 Å². The fraction of sp³-hybridized carbons (Fsp3) is 0.138. The number of nitrogens with zero attached hydrogens (tertiary/aromatic N) is 2. The van der Waals surface area contributed by atoms with Crippen molar-refractivity contribution in [1.29, 1.82) is 0 Å². The van der Waals surface area contributed by atoms with E-state index in [0.29, 0.717) is 58.8 Å². The molecule has 0 N–H and O–H groups in total. The first-order valence-electron chi connectivity index (χ1n) is 11.5. The van der Waals surface area contributed by atoms with Crippen LogP contribution in [0.15, 0.2) is 72.8 Å². The second kappa shape index (κ2) is 8.17. The van der Waals surface area contributed by atoms with Crippen molar-refractivity contribution in [2.45, 2.75) is 19.3 Å². The summed E-state index contributed by atoms with van der Waals surface area (Å²) in [6.45, 7) is 0. The van der Waals surface area contributed by atoms with Crippen LogP contribution in [0.4, 0.5) is 4.39 Å². The van der Waals surface area contributed by atoms with Crippen LogP contribution in [-0.4, -0.2) is 28.2 Å². The monoisotopic (exact) mass is 464 g/mol. The standard InChI is InChI=1S/C29H21FN2O3/c1-35-20-15-9-17(10-16-20)28(34)27-25-21-5-2-3-6-22(21)31-29(25)32(19-13-11-18(30)12-14-19)23-7-4-8-24(33)26(23)27/h2-3,5-6,9-16H,4,7-8H2,1H3. The second-order valence-corrected chi connectivity index (χ2v) is 8.67. The van der Waals surface area contributed by atoms with Crippen LogP contribution < -0.4 is 4.74 Å². The van der Waals surface area contributed by atoms with Crippen LogP contribution in [0.2, 0.25) is 0 Å². The van der Waals surface area contributed by atoms with Gasteiger partial charge in [0.25, 0.3) is 0 Å². The highest BCUT2D eigenvalue weighted by molar-refractivity contribution is 6.22. The first-order valence-corrected chi connectivity index (χ1v) is 11.5. The summed E-state index contributed by atoms with van der Waals surface area (Å²) in [5.74, 6) is 0.595. The smallest absolute Gasteiger partial charge is 0.194 e. The van der Waals surface area contributed by atoms with Gasteiger partial charge in [-0.1, -0.05) is 18.2 Å². The van der Waals surface area contributed by atoms with E-state index >= 15 is 0 Å². The van der Waals surface area contributed by atoms with Crippen LogP contribution in [0.3, 0.4) is 0 Å². The van der Waals surface area contributed by atoms with Crippen molar-refractivity contribution in [3.05, 3.63) is 101 Å². The molecule has 0 amide bonds. The molecule has 0 aromatic heterocycles. The Bertz CT molecular complexity index is 1580. The maximum atomic E-state index is 14.0. The lowest BCUT2D eigenvalue weighted by Gasteiger charge is -2.27. The molecule has 3 aromatic rings. The number of aromatic nitrogens is 2. The molecular weight excluding hydrogens is 443 g/mol. The van der Waals surface area contributed by atoms with Crippen molar-refractivity contribution in [1.82, 2.24) is 9.55 Å². The van der Waals surface area contributed by atoms with Gasteiger partial charge in [0.05, 0.1) is 12.6 Å². The Balaban J connectivity index is 1.74. The number of ether oxygens (including phenoxy) is 1. The van der Waals surface area contributed by atoms with Crippen molar-refractivity contribution in [3.8, 4) is 22.8 Å². The highest BCUT2D eigenvalue weighted by atomic mass is 19.1. The molecule has 3 aliphatic rings. The van der Waals surface area contributed by atoms with E-state index in [1.165, 1.54) is 12.1 Å². The first-order chi connectivity index (χ1) is 17.1. The predicted octanol–water partition coefficient (Wildman–Crippen LogP) is 6.03. The van der Waals surface area contributed by atoms with Crippen molar-refractivity contribution in [2.24, 2.45) is 0 Å². The van der Waals surface area contributed by atoms with Gasteiger partial charge in [0.2, 0.25) is 0 Å². The fourth-order valence-electron chi connectivity index (χ4n) is 5.05. The molecule has 5 nitrogen and oxygen atoms in total. The number of carbonyl (C=O) groups excluding carboxylic acids is 2. The summed E-state index contributed by atoms with van der Waals surface area (Å²) in [6, 6.07) is 20.7. The maximum absolute atomic E-state index is 14.0. The molecule has 0 saturated carbocycles. The van der Waals surface area contributed by atoms with Gasteiger partial charge in [-0.2, -0.15) is 0 Å². The minimum atomic E-state index is -0.345. The Kier molecular flexibility index (Phi) is 4.95. The number of hydrogen-bond acceptors (Lipinski definition) is 4. The Labute approximate surface area is 201 Å². The third-order valence-electron chi connectivity index (χ3n) is 6.65. The number of pyridine rings is 1. The number of methoxy groups -OCH3 is 1. The zero-order valence-corrected chi connectivity index (χ0v) is 19.0. The van der Waals surface area contributed by atoms with Gasteiger partial charge in [-0.05, 0) is 67.4 Å². The van der Waals surface area contributed by atoms with E-state index < -0.39 is 0 Å². The van der Waals surface area contributed by atoms with Crippen molar-refractivity contribution in [2.75, 3.05) is 7.11 Å². The third-order valence-corrected chi connectivity index (χ3v) is 6.65. The quantitative estimate of drug-likeness (QED) is 0.305. The van der Waals surface area contributed by atoms with Gasteiger partial charge in [0, 0.05) is 45.4 Å². The number of halogens is 1. The number of para-hydroxylation sites is 1. The van der Waals surface area contributed by atoms with E-state index in [4.69, 9.17) is 9.72 Å². The molecule has 6 heteroatoms. The SMILES string of the molecule is COc1ccc(C(=O)c2c3c(n(-c4ccc(F)cc4)c4nc5ccccc5c2-4)CCCC3=O)cc1. The van der Waals surface area contributed by atoms with E-state index in [1.807, 2.05) is 28.8 Å². The molecule has 1 aliphatic carbocycles. The molecule has 2 heterocycles. The minimum Gasteiger partial charge on any atom is -0.497 e. The molecule has 3 aromatic carbocycles. The highest BCUT2D eigenvalue weighted by Crippen LogP contribution is 2.42. The Morgan fingerprint density at radius 3 is 2.43 bits per heavy atom. The predicted molar refractivity (Wildman–Crippen MR) is 131 cm³/mol. The van der Waals surface area contributed by atoms with Crippen molar-refractivity contribution < 1.29 is 18.7 Å². The fourth-order valence-corrected chi connectivity index (χ4v) is 5.05. The van der Waals surface area contributed by atoms with Gasteiger partial charge in [-0.15, -0.1) is 0 Å². The number of Topliss-reactive ketones (excluding diaryl/α,β-unsaturated/α-hetero) is 1. The summed E-state index contributed by atoms with van der Waals surface area (Å²) in [4.78, 5) is 32.3. The molecule has 6 rings (SSSR count). The van der Waals surface area contributed by atoms with E-state index in [1.54, 1.807) is 43.5 Å². The van der Waals surface area contributed by atoms with Crippen LogP contribution in [0.5, 0.6) is 5.75 Å². The summed E-state index contributed by atoms with van der Waals surface area (Å²) in [5.41, 5.74) is 4.10. The molecule has 0 fully saturated rings. The van der Waals surface area contributed by atoms with Gasteiger partial charge >= 0.3 is 0 Å². The molecular formula is C29H21FN2O3. The van der Waals surface area contributed by atoms with Crippen molar-refractivity contribution >= 4 is 22.5 Å². The van der Waals surface area contributed by atoms with Crippen LogP contribution >= 0.6 is 0 Å². The average Bonchev–Trinajstić information content (AvgIpc) is 3.27. The van der Waals surface area contributed by atoms with Crippen LogP contribution in [-0.2, 0) is 6.42 Å². The zero-order valence-electron chi connectivity index (χ0n) is 19.0. The summed E-state index contributed by atoms with van der Waals surface area (Å²) < 4.78 is 20.9. The van der Waals surface area contributed by atoms with Gasteiger partial charge in [-0.3, -0.25) is 14.2 Å². The summed E-state index contributed by atoms with van der Waals surface area (Å²) >= 11 is 0. The number of hydrogen-bond donors (Lipinski definition) is 0. The topological polar surface area (TPSA) is 61.2 Å². The molecule has 2 aliphatic heterocycles. The first kappa shape index (κ1) is 21.2. The Morgan fingerprint density at radius 1 is 0.943 bits per heavy atom. The minimum absolute atomic E-state index is 0.0637. The number of carbonyl (C=O) groups is 2. The van der Waals surface area contributed by atoms with Crippen LogP contribution in [0, 0.1) is 5.82 Å². The Hall–Kier alpha value is -4.32. The number of ketones is 2. The molecule has 0 bridgehead atoms. The summed E-state index contributed by atoms with van der Waals surface area (Å²) in [7, 11) is 1.57. The molecule has 0 spiro atoms. The second-order valence-electron chi connectivity index (χ2n) is 8.67. The molecule has 0 atom stereocenters. The Morgan fingerprint density at radius 2 is 1.69 bits per heavy atom. The number of rotatable bonds is 4. The molecule has 0 unspecified atom stereocenters. The maximum Gasteiger partial charge on any atom is 0.194 e. The highest BCUT2D eigenvalue weighted by Gasteiger charge is 2.35. The van der Waals surface area contributed by atoms with Gasteiger partial charge in [0.15, 0.2) is 11.6 Å². The van der Waals surface area contributed by atoms with Crippen LogP contribution in [0.25, 0.3) is 28.0 Å². The molecule has 0 saturated heterocycles.